The zero-order valence-electron chi connectivity index (χ0n) is 18.5. The maximum absolute atomic E-state index is 7.50. The van der Waals surface area contributed by atoms with E-state index in [2.05, 4.69) is 125 Å². The summed E-state index contributed by atoms with van der Waals surface area (Å²) in [5.41, 5.74) is 1.26. The van der Waals surface area contributed by atoms with Crippen molar-refractivity contribution in [2.75, 3.05) is 0 Å². The molecule has 0 aromatic heterocycles. The summed E-state index contributed by atoms with van der Waals surface area (Å²) in [5, 5.41) is 4.19. The molecule has 1 nitrogen and oxygen atoms in total. The molecule has 32 heavy (non-hydrogen) atoms. The summed E-state index contributed by atoms with van der Waals surface area (Å²) in [5.74, 6) is 0. The molecule has 0 fully saturated rings. The molecule has 4 aromatic carbocycles. The topological polar surface area (TPSA) is 19.9 Å². The molecule has 0 aliphatic carbocycles. The van der Waals surface area contributed by atoms with Crippen molar-refractivity contribution < 1.29 is 20.2 Å². The maximum Gasteiger partial charge on any atom is -0.0134 e. The summed E-state index contributed by atoms with van der Waals surface area (Å²) >= 11 is 3.09. The number of rotatable bonds is 4. The van der Waals surface area contributed by atoms with E-state index in [1.807, 2.05) is 37.3 Å². The van der Waals surface area contributed by atoms with Gasteiger partial charge in [-0.15, -0.1) is 0 Å². The van der Waals surface area contributed by atoms with E-state index in [1.54, 1.807) is 0 Å². The fourth-order valence-electron chi connectivity index (χ4n) is 2.57. The molecule has 4 aromatic rings. The molecule has 0 aliphatic rings. The molecule has 0 saturated carbocycles. The summed E-state index contributed by atoms with van der Waals surface area (Å²) < 4.78 is 10.3. The van der Waals surface area contributed by atoms with E-state index in [4.69, 9.17) is 4.65 Å². The van der Waals surface area contributed by atoms with Crippen molar-refractivity contribution in [2.24, 2.45) is 0 Å². The Labute approximate surface area is 202 Å². The van der Waals surface area contributed by atoms with Gasteiger partial charge >= 0.3 is 57.3 Å². The molecule has 0 amide bonds. The molecule has 0 saturated heterocycles. The van der Waals surface area contributed by atoms with Crippen LogP contribution in [0.4, 0.5) is 0 Å². The Morgan fingerprint density at radius 2 is 1.09 bits per heavy atom. The van der Waals surface area contributed by atoms with Gasteiger partial charge in [-0.1, -0.05) is 91.0 Å². The summed E-state index contributed by atoms with van der Waals surface area (Å²) in [6, 6.07) is 42.3. The number of benzene rings is 3. The van der Waals surface area contributed by atoms with Crippen LogP contribution in [0, 0.1) is 6.65 Å². The summed E-state index contributed by atoms with van der Waals surface area (Å²) in [4.78, 5) is 0. The number of hydrogen-bond donors (Lipinski definition) is 0. The van der Waals surface area contributed by atoms with Crippen LogP contribution in [0.1, 0.15) is 20.3 Å². The molecule has 0 atom stereocenters. The Hall–Kier alpha value is -2.65. The second-order valence-electron chi connectivity index (χ2n) is 6.53. The largest absolute Gasteiger partial charge is 0.214 e. The van der Waals surface area contributed by atoms with Crippen LogP contribution in [0.5, 0.6) is 0 Å². The minimum absolute atomic E-state index is 0.446. The van der Waals surface area contributed by atoms with Gasteiger partial charge in [0.1, 0.15) is 0 Å². The fourth-order valence-corrected chi connectivity index (χ4v) is 5.08. The summed E-state index contributed by atoms with van der Waals surface area (Å²) in [6.45, 7) is 8.64. The first-order valence-electron chi connectivity index (χ1n) is 10.3. The first-order chi connectivity index (χ1) is 15.8. The van der Waals surface area contributed by atoms with Crippen molar-refractivity contribution in [3.63, 3.8) is 0 Å². The SMILES string of the molecule is CCC(C)=[C]=[Mn].[C-]#[O+].c1cc[cH-]c1.c1ccc(P(c2ccccc2)c2ccccc2)cc1. The van der Waals surface area contributed by atoms with Crippen LogP contribution >= 0.6 is 7.92 Å². The van der Waals surface area contributed by atoms with Crippen molar-refractivity contribution in [1.29, 1.82) is 0 Å². The van der Waals surface area contributed by atoms with E-state index in [9.17, 15) is 0 Å². The van der Waals surface area contributed by atoms with E-state index in [0.29, 0.717) is 0 Å². The molecule has 0 radical (unpaired) electrons. The molecule has 0 aliphatic heterocycles. The van der Waals surface area contributed by atoms with Crippen molar-refractivity contribution >= 4 is 28.4 Å². The van der Waals surface area contributed by atoms with E-state index in [-0.39, 0.29) is 0 Å². The average Bonchev–Trinajstić information content (AvgIpc) is 3.48. The molecule has 0 spiro atoms. The van der Waals surface area contributed by atoms with Gasteiger partial charge in [0.2, 0.25) is 0 Å². The Morgan fingerprint density at radius 1 is 0.750 bits per heavy atom. The molecule has 163 valence electrons. The van der Waals surface area contributed by atoms with Crippen molar-refractivity contribution in [3.05, 3.63) is 134 Å². The smallest absolute Gasteiger partial charge is 0.0134 e. The quantitative estimate of drug-likeness (QED) is 0.146. The van der Waals surface area contributed by atoms with Crippen LogP contribution in [0.15, 0.2) is 127 Å². The van der Waals surface area contributed by atoms with Gasteiger partial charge in [0.25, 0.3) is 0 Å². The van der Waals surface area contributed by atoms with Crippen LogP contribution in [0.2, 0.25) is 0 Å². The van der Waals surface area contributed by atoms with Crippen LogP contribution < -0.4 is 15.9 Å². The second-order valence-corrected chi connectivity index (χ2v) is 9.05. The minimum Gasteiger partial charge on any atom is -0.214 e. The molecular weight excluding hydrogens is 450 g/mol. The van der Waals surface area contributed by atoms with Gasteiger partial charge in [0.05, 0.1) is 0 Å². The Balaban J connectivity index is 0.000000324. The molecule has 3 heteroatoms. The normalized spacial score (nSPS) is 8.91. The van der Waals surface area contributed by atoms with Gasteiger partial charge in [0, 0.05) is 0 Å². The fraction of sp³-hybridized carbons (Fsp3) is 0.103. The van der Waals surface area contributed by atoms with Crippen molar-refractivity contribution in [1.82, 2.24) is 0 Å². The van der Waals surface area contributed by atoms with Crippen LogP contribution in [0.25, 0.3) is 0 Å². The zero-order valence-corrected chi connectivity index (χ0v) is 20.6. The first kappa shape index (κ1) is 27.4. The third-order valence-electron chi connectivity index (χ3n) is 4.29. The number of hydrogen-bond acceptors (Lipinski definition) is 0. The van der Waals surface area contributed by atoms with Gasteiger partial charge in [-0.25, -0.2) is 12.1 Å². The van der Waals surface area contributed by atoms with Crippen LogP contribution in [0.3, 0.4) is 0 Å². The van der Waals surface area contributed by atoms with Crippen molar-refractivity contribution in [2.45, 2.75) is 20.3 Å². The van der Waals surface area contributed by atoms with E-state index in [1.165, 1.54) is 21.5 Å². The summed E-state index contributed by atoms with van der Waals surface area (Å²) in [7, 11) is -0.446. The first-order valence-corrected chi connectivity index (χ1v) is 12.2. The Morgan fingerprint density at radius 3 is 1.28 bits per heavy atom. The Bertz CT molecular complexity index is 909. The predicted octanol–water partition coefficient (Wildman–Crippen LogP) is 6.10. The second kappa shape index (κ2) is 18.0. The molecule has 4 rings (SSSR count). The van der Waals surface area contributed by atoms with Crippen LogP contribution in [-0.2, 0) is 20.2 Å². The third kappa shape index (κ3) is 10.6. The van der Waals surface area contributed by atoms with Gasteiger partial charge in [0.15, 0.2) is 0 Å². The van der Waals surface area contributed by atoms with Crippen LogP contribution in [-0.4, -0.2) is 4.58 Å². The predicted molar refractivity (Wildman–Crippen MR) is 136 cm³/mol. The van der Waals surface area contributed by atoms with Crippen molar-refractivity contribution in [3.8, 4) is 0 Å². The zero-order chi connectivity index (χ0) is 23.4. The summed E-state index contributed by atoms with van der Waals surface area (Å²) in [6.07, 6.45) is 1.09. The molecule has 0 unspecified atom stereocenters. The monoisotopic (exact) mass is 478 g/mol. The van der Waals surface area contributed by atoms with Gasteiger partial charge in [-0.05, 0) is 23.8 Å². The Kier molecular flexibility index (Phi) is 15.4. The standard InChI is InChI=1S/C18H15P.C5H5.C5H8.CO.Mn/c1-4-10-16(11-5-1)19(17-12-6-2-7-13-17)18-14-8-3-9-15-18;1-2-4-5-3-1;1-4-5(2)3;1-2;/h1-15H;1-5H;4H2,1-2H3;;/q;-1;;;. The van der Waals surface area contributed by atoms with Gasteiger partial charge < -0.3 is 0 Å². The van der Waals surface area contributed by atoms with E-state index >= 15 is 0 Å². The molecule has 0 bridgehead atoms. The number of allylic oxidation sites excluding steroid dienone is 1. The maximum atomic E-state index is 7.50. The molecular formula is C29H28MnOP-. The van der Waals surface area contributed by atoms with E-state index in [0.717, 1.165) is 6.42 Å². The molecule has 0 heterocycles. The average molecular weight is 478 g/mol. The van der Waals surface area contributed by atoms with Gasteiger partial charge in [-0.3, -0.25) is 0 Å². The third-order valence-corrected chi connectivity index (χ3v) is 7.24. The van der Waals surface area contributed by atoms with Gasteiger partial charge in [-0.2, -0.15) is 18.2 Å². The van der Waals surface area contributed by atoms with E-state index < -0.39 is 7.92 Å². The minimum atomic E-state index is -0.446. The molecule has 0 N–H and O–H groups in total.